The van der Waals surface area contributed by atoms with Crippen molar-refractivity contribution < 1.29 is 4.39 Å². The molecular weight excluding hydrogens is 253 g/mol. The highest BCUT2D eigenvalue weighted by molar-refractivity contribution is 5.44. The Kier molecular flexibility index (Phi) is 5.35. The minimum atomic E-state index is -0.152. The van der Waals surface area contributed by atoms with Crippen molar-refractivity contribution >= 4 is 5.82 Å². The number of nitrogens with one attached hydrogen (secondary N) is 1. The number of halogens is 1. The second-order valence-corrected chi connectivity index (χ2v) is 6.02. The molecule has 0 aliphatic carbocycles. The van der Waals surface area contributed by atoms with Crippen LogP contribution in [0.25, 0.3) is 0 Å². The summed E-state index contributed by atoms with van der Waals surface area (Å²) in [6.45, 7) is 9.92. The van der Waals surface area contributed by atoms with Crippen LogP contribution >= 0.6 is 0 Å². The van der Waals surface area contributed by atoms with Crippen LogP contribution in [-0.4, -0.2) is 24.6 Å². The lowest BCUT2D eigenvalue weighted by Crippen LogP contribution is -2.24. The molecule has 0 bridgehead atoms. The highest BCUT2D eigenvalue weighted by Gasteiger charge is 2.27. The summed E-state index contributed by atoms with van der Waals surface area (Å²) in [7, 11) is 0. The molecule has 2 rings (SSSR count). The monoisotopic (exact) mass is 279 g/mol. The van der Waals surface area contributed by atoms with Gasteiger partial charge in [-0.3, -0.25) is 0 Å². The maximum Gasteiger partial charge on any atom is 0.170 e. The fraction of sp³-hybridized carbons (Fsp3) is 0.688. The zero-order valence-electron chi connectivity index (χ0n) is 12.8. The van der Waals surface area contributed by atoms with Crippen molar-refractivity contribution in [3.05, 3.63) is 23.6 Å². The average Bonchev–Trinajstić information content (AvgIpc) is 2.90. The van der Waals surface area contributed by atoms with Gasteiger partial charge < -0.3 is 10.2 Å². The zero-order valence-corrected chi connectivity index (χ0v) is 12.8. The van der Waals surface area contributed by atoms with Gasteiger partial charge in [0.05, 0.1) is 0 Å². The number of nitrogens with zero attached hydrogens (tertiary/aromatic N) is 2. The van der Waals surface area contributed by atoms with Crippen LogP contribution in [0, 0.1) is 17.7 Å². The minimum Gasteiger partial charge on any atom is -0.354 e. The summed E-state index contributed by atoms with van der Waals surface area (Å²) < 4.78 is 14.5. The summed E-state index contributed by atoms with van der Waals surface area (Å²) in [5.41, 5.74) is 0.719. The Balaban J connectivity index is 2.07. The van der Waals surface area contributed by atoms with Crippen LogP contribution in [-0.2, 0) is 6.54 Å². The Morgan fingerprint density at radius 3 is 2.95 bits per heavy atom. The van der Waals surface area contributed by atoms with E-state index in [0.717, 1.165) is 38.0 Å². The SMILES string of the molecule is CCCNCc1ccnc(N2CCC(C(C)C)C2)c1F. The molecule has 1 aliphatic rings. The Labute approximate surface area is 121 Å². The largest absolute Gasteiger partial charge is 0.354 e. The van der Waals surface area contributed by atoms with Gasteiger partial charge in [0, 0.05) is 31.4 Å². The molecule has 1 saturated heterocycles. The topological polar surface area (TPSA) is 28.2 Å². The highest BCUT2D eigenvalue weighted by atomic mass is 19.1. The van der Waals surface area contributed by atoms with Crippen molar-refractivity contribution in [2.75, 3.05) is 24.5 Å². The van der Waals surface area contributed by atoms with Crippen molar-refractivity contribution in [2.45, 2.75) is 40.2 Å². The lowest BCUT2D eigenvalue weighted by Gasteiger charge is -2.20. The predicted octanol–water partition coefficient (Wildman–Crippen LogP) is 3.20. The molecule has 1 aromatic heterocycles. The number of aromatic nitrogens is 1. The Morgan fingerprint density at radius 2 is 2.30 bits per heavy atom. The van der Waals surface area contributed by atoms with Gasteiger partial charge >= 0.3 is 0 Å². The molecule has 0 spiro atoms. The normalized spacial score (nSPS) is 19.1. The molecule has 0 saturated carbocycles. The van der Waals surface area contributed by atoms with Crippen LogP contribution < -0.4 is 10.2 Å². The number of rotatable bonds is 6. The average molecular weight is 279 g/mol. The summed E-state index contributed by atoms with van der Waals surface area (Å²) in [6, 6.07) is 1.78. The van der Waals surface area contributed by atoms with Gasteiger partial charge in [-0.1, -0.05) is 20.8 Å². The van der Waals surface area contributed by atoms with Crippen molar-refractivity contribution in [1.82, 2.24) is 10.3 Å². The smallest absolute Gasteiger partial charge is 0.170 e. The Morgan fingerprint density at radius 1 is 1.50 bits per heavy atom. The van der Waals surface area contributed by atoms with Crippen molar-refractivity contribution in [3.63, 3.8) is 0 Å². The first-order valence-electron chi connectivity index (χ1n) is 7.72. The number of hydrogen-bond acceptors (Lipinski definition) is 3. The summed E-state index contributed by atoms with van der Waals surface area (Å²) >= 11 is 0. The first-order valence-corrected chi connectivity index (χ1v) is 7.72. The summed E-state index contributed by atoms with van der Waals surface area (Å²) in [6.07, 6.45) is 3.92. The quantitative estimate of drug-likeness (QED) is 0.811. The molecule has 0 aromatic carbocycles. The van der Waals surface area contributed by atoms with E-state index in [1.807, 2.05) is 0 Å². The molecule has 3 nitrogen and oxygen atoms in total. The van der Waals surface area contributed by atoms with Crippen LogP contribution in [0.2, 0.25) is 0 Å². The molecule has 1 atom stereocenters. The van der Waals surface area contributed by atoms with Gasteiger partial charge in [0.25, 0.3) is 0 Å². The molecule has 112 valence electrons. The summed E-state index contributed by atoms with van der Waals surface area (Å²) in [5.74, 6) is 1.68. The van der Waals surface area contributed by atoms with Crippen molar-refractivity contribution in [2.24, 2.45) is 11.8 Å². The number of hydrogen-bond donors (Lipinski definition) is 1. The minimum absolute atomic E-state index is 0.152. The Bertz CT molecular complexity index is 434. The summed E-state index contributed by atoms with van der Waals surface area (Å²) in [4.78, 5) is 6.37. The standard InChI is InChI=1S/C16H26FN3/c1-4-7-18-10-13-5-8-19-16(15(13)17)20-9-6-14(11-20)12(2)3/h5,8,12,14,18H,4,6-7,9-11H2,1-3H3. The van der Waals surface area contributed by atoms with E-state index in [1.54, 1.807) is 12.3 Å². The van der Waals surface area contributed by atoms with Gasteiger partial charge in [0.1, 0.15) is 0 Å². The molecule has 0 amide bonds. The zero-order chi connectivity index (χ0) is 14.5. The fourth-order valence-electron chi connectivity index (χ4n) is 2.75. The van der Waals surface area contributed by atoms with Gasteiger partial charge in [-0.25, -0.2) is 9.37 Å². The van der Waals surface area contributed by atoms with Crippen molar-refractivity contribution in [3.8, 4) is 0 Å². The third-order valence-electron chi connectivity index (χ3n) is 4.16. The highest BCUT2D eigenvalue weighted by Crippen LogP contribution is 2.29. The molecule has 1 unspecified atom stereocenters. The maximum atomic E-state index is 14.5. The third-order valence-corrected chi connectivity index (χ3v) is 4.16. The van der Waals surface area contributed by atoms with Crippen LogP contribution in [0.1, 0.15) is 39.2 Å². The third kappa shape index (κ3) is 3.48. The van der Waals surface area contributed by atoms with Gasteiger partial charge in [-0.2, -0.15) is 0 Å². The molecule has 20 heavy (non-hydrogen) atoms. The van der Waals surface area contributed by atoms with E-state index in [2.05, 4.69) is 36.0 Å². The van der Waals surface area contributed by atoms with E-state index in [0.29, 0.717) is 24.2 Å². The molecule has 4 heteroatoms. The lowest BCUT2D eigenvalue weighted by atomic mass is 9.95. The van der Waals surface area contributed by atoms with Gasteiger partial charge in [-0.15, -0.1) is 0 Å². The predicted molar refractivity (Wildman–Crippen MR) is 81.4 cm³/mol. The van der Waals surface area contributed by atoms with Crippen molar-refractivity contribution in [1.29, 1.82) is 0 Å². The van der Waals surface area contributed by atoms with E-state index in [9.17, 15) is 4.39 Å². The van der Waals surface area contributed by atoms with Crippen LogP contribution in [0.5, 0.6) is 0 Å². The number of anilines is 1. The van der Waals surface area contributed by atoms with Gasteiger partial charge in [0.2, 0.25) is 0 Å². The van der Waals surface area contributed by atoms with E-state index in [-0.39, 0.29) is 5.82 Å². The molecule has 0 radical (unpaired) electrons. The van der Waals surface area contributed by atoms with E-state index < -0.39 is 0 Å². The molecule has 1 aromatic rings. The van der Waals surface area contributed by atoms with Crippen LogP contribution in [0.15, 0.2) is 12.3 Å². The first-order chi connectivity index (χ1) is 9.63. The second kappa shape index (κ2) is 7.02. The molecule has 1 N–H and O–H groups in total. The van der Waals surface area contributed by atoms with E-state index in [4.69, 9.17) is 0 Å². The van der Waals surface area contributed by atoms with Gasteiger partial charge in [0.15, 0.2) is 11.6 Å². The second-order valence-electron chi connectivity index (χ2n) is 6.02. The molecule has 2 heterocycles. The molecule has 1 aliphatic heterocycles. The molecular formula is C16H26FN3. The fourth-order valence-corrected chi connectivity index (χ4v) is 2.75. The Hall–Kier alpha value is -1.16. The van der Waals surface area contributed by atoms with Crippen LogP contribution in [0.4, 0.5) is 10.2 Å². The molecule has 1 fully saturated rings. The summed E-state index contributed by atoms with van der Waals surface area (Å²) in [5, 5.41) is 3.25. The number of pyridine rings is 1. The van der Waals surface area contributed by atoms with Gasteiger partial charge in [-0.05, 0) is 37.3 Å². The van der Waals surface area contributed by atoms with E-state index in [1.165, 1.54) is 0 Å². The lowest BCUT2D eigenvalue weighted by molar-refractivity contribution is 0.422. The van der Waals surface area contributed by atoms with Crippen LogP contribution in [0.3, 0.4) is 0 Å². The first kappa shape index (κ1) is 15.2. The maximum absolute atomic E-state index is 14.5. The van der Waals surface area contributed by atoms with E-state index >= 15 is 0 Å².